The molecule has 3 atom stereocenters. The van der Waals surface area contributed by atoms with Gasteiger partial charge in [-0.05, 0) is 20.9 Å². The summed E-state index contributed by atoms with van der Waals surface area (Å²) in [6.45, 7) is 2.15. The summed E-state index contributed by atoms with van der Waals surface area (Å²) >= 11 is 0. The highest BCUT2D eigenvalue weighted by atomic mass is 31.2. The summed E-state index contributed by atoms with van der Waals surface area (Å²) in [4.78, 5) is 63.3. The topological polar surface area (TPSA) is 191 Å². The van der Waals surface area contributed by atoms with Crippen molar-refractivity contribution in [1.82, 2.24) is 25.5 Å². The van der Waals surface area contributed by atoms with E-state index in [0.717, 1.165) is 6.92 Å². The summed E-state index contributed by atoms with van der Waals surface area (Å²) in [7, 11) is -3.36. The Morgan fingerprint density at radius 3 is 2.44 bits per heavy atom. The number of rotatable bonds is 9. The highest BCUT2D eigenvalue weighted by molar-refractivity contribution is 7.52. The average molecular weight is 404 g/mol. The van der Waals surface area contributed by atoms with Crippen LogP contribution < -0.4 is 16.4 Å². The molecule has 7 N–H and O–H groups in total. The zero-order chi connectivity index (χ0) is 20.8. The van der Waals surface area contributed by atoms with Crippen LogP contribution in [0.1, 0.15) is 19.5 Å². The van der Waals surface area contributed by atoms with Crippen molar-refractivity contribution in [3.05, 3.63) is 18.2 Å². The second-order valence-corrected chi connectivity index (χ2v) is 7.91. The van der Waals surface area contributed by atoms with E-state index in [1.54, 1.807) is 0 Å². The zero-order valence-electron chi connectivity index (χ0n) is 15.2. The molecule has 1 heterocycles. The van der Waals surface area contributed by atoms with Crippen molar-refractivity contribution < 1.29 is 28.7 Å². The van der Waals surface area contributed by atoms with Gasteiger partial charge in [0.25, 0.3) is 5.91 Å². The third-order valence-electron chi connectivity index (χ3n) is 3.70. The van der Waals surface area contributed by atoms with Gasteiger partial charge in [-0.25, -0.2) is 4.98 Å². The minimum Gasteiger partial charge on any atom is -0.348 e. The predicted molar refractivity (Wildman–Crippen MR) is 95.2 cm³/mol. The van der Waals surface area contributed by atoms with Crippen LogP contribution in [0.3, 0.4) is 0 Å². The number of likely N-dealkylation sites (N-methyl/N-ethyl adjacent to an activating group) is 1. The first-order valence-electron chi connectivity index (χ1n) is 8.08. The van der Waals surface area contributed by atoms with Gasteiger partial charge >= 0.3 is 7.60 Å². The lowest BCUT2D eigenvalue weighted by Crippen LogP contribution is -2.57. The molecular formula is C14H25N6O6P. The predicted octanol–water partition coefficient (Wildman–Crippen LogP) is -2.12. The Morgan fingerprint density at radius 1 is 1.37 bits per heavy atom. The highest BCUT2D eigenvalue weighted by Crippen LogP contribution is 2.42. The molecule has 0 aliphatic rings. The molecule has 0 saturated heterocycles. The van der Waals surface area contributed by atoms with Crippen LogP contribution in [0.5, 0.6) is 0 Å². The molecule has 0 radical (unpaired) electrons. The van der Waals surface area contributed by atoms with Crippen molar-refractivity contribution in [2.24, 2.45) is 5.73 Å². The van der Waals surface area contributed by atoms with Crippen LogP contribution in [-0.4, -0.2) is 73.8 Å². The summed E-state index contributed by atoms with van der Waals surface area (Å²) < 4.78 is 11.7. The van der Waals surface area contributed by atoms with Crippen LogP contribution in [-0.2, 0) is 25.4 Å². The highest BCUT2D eigenvalue weighted by Gasteiger charge is 2.40. The van der Waals surface area contributed by atoms with Gasteiger partial charge in [-0.2, -0.15) is 0 Å². The van der Waals surface area contributed by atoms with Gasteiger partial charge in [-0.3, -0.25) is 23.8 Å². The third-order valence-corrected chi connectivity index (χ3v) is 4.91. The molecule has 0 aliphatic carbocycles. The van der Waals surface area contributed by atoms with Crippen LogP contribution in [0.15, 0.2) is 12.5 Å². The lowest BCUT2D eigenvalue weighted by molar-refractivity contribution is -0.148. The maximum Gasteiger partial charge on any atom is 0.348 e. The maximum absolute atomic E-state index is 13.0. The van der Waals surface area contributed by atoms with Crippen molar-refractivity contribution in [2.75, 3.05) is 13.6 Å². The molecule has 13 heteroatoms. The minimum absolute atomic E-state index is 0.0749. The van der Waals surface area contributed by atoms with E-state index in [1.165, 1.54) is 26.5 Å². The summed E-state index contributed by atoms with van der Waals surface area (Å²) in [5.41, 5.74) is 5.99. The van der Waals surface area contributed by atoms with Gasteiger partial charge in [-0.1, -0.05) is 0 Å². The SMILES string of the molecule is CNCC(=O)N(C(=O)[C@H](Cc1cnc[nH]1)NC(=O)[C@H](C)N)[C@@H](C)P(=O)(O)O. The number of nitrogens with two attached hydrogens (primary N) is 1. The summed E-state index contributed by atoms with van der Waals surface area (Å²) in [5.74, 6) is -4.17. The molecule has 12 nitrogen and oxygen atoms in total. The van der Waals surface area contributed by atoms with Gasteiger partial charge < -0.3 is 31.1 Å². The summed E-state index contributed by atoms with van der Waals surface area (Å²) in [6.07, 6.45) is 2.71. The number of imide groups is 1. The van der Waals surface area contributed by atoms with Crippen molar-refractivity contribution in [2.45, 2.75) is 38.1 Å². The zero-order valence-corrected chi connectivity index (χ0v) is 16.1. The fourth-order valence-corrected chi connectivity index (χ4v) is 2.73. The first-order valence-corrected chi connectivity index (χ1v) is 9.76. The van der Waals surface area contributed by atoms with Gasteiger partial charge in [0, 0.05) is 18.3 Å². The monoisotopic (exact) mass is 404 g/mol. The standard InChI is InChI=1S/C14H25N6O6P/c1-8(15)13(22)19-11(4-10-5-17-7-18-10)14(23)20(12(21)6-16-3)9(2)27(24,25)26/h5,7-9,11,16H,4,6,15H2,1-3H3,(H,17,18)(H,19,22)(H2,24,25,26)/t8-,9+,11-/m0/s1. The summed E-state index contributed by atoms with van der Waals surface area (Å²) in [6, 6.07) is -2.21. The number of carbonyl (C=O) groups excluding carboxylic acids is 3. The molecule has 0 aliphatic heterocycles. The second kappa shape index (κ2) is 9.72. The number of amides is 3. The molecule has 0 bridgehead atoms. The largest absolute Gasteiger partial charge is 0.348 e. The summed E-state index contributed by atoms with van der Waals surface area (Å²) in [5, 5.41) is 4.94. The number of imidazole rings is 1. The molecule has 152 valence electrons. The van der Waals surface area contributed by atoms with Crippen LogP contribution >= 0.6 is 7.60 Å². The van der Waals surface area contributed by atoms with E-state index < -0.39 is 43.2 Å². The van der Waals surface area contributed by atoms with E-state index in [2.05, 4.69) is 20.6 Å². The van der Waals surface area contributed by atoms with Crippen LogP contribution in [0.2, 0.25) is 0 Å². The molecule has 1 rings (SSSR count). The number of hydrogen-bond acceptors (Lipinski definition) is 7. The van der Waals surface area contributed by atoms with Crippen LogP contribution in [0.25, 0.3) is 0 Å². The van der Waals surface area contributed by atoms with E-state index in [1.807, 2.05) is 0 Å². The van der Waals surface area contributed by atoms with E-state index in [9.17, 15) is 28.7 Å². The van der Waals surface area contributed by atoms with Gasteiger partial charge in [-0.15, -0.1) is 0 Å². The Hall–Kier alpha value is -2.11. The van der Waals surface area contributed by atoms with Crippen molar-refractivity contribution >= 4 is 25.3 Å². The maximum atomic E-state index is 13.0. The third kappa shape index (κ3) is 6.52. The number of H-pyrrole nitrogens is 1. The number of nitrogens with one attached hydrogen (secondary N) is 3. The molecule has 0 aromatic carbocycles. The molecule has 27 heavy (non-hydrogen) atoms. The van der Waals surface area contributed by atoms with Crippen molar-refractivity contribution in [1.29, 1.82) is 0 Å². The average Bonchev–Trinajstić information content (AvgIpc) is 3.06. The fourth-order valence-electron chi connectivity index (χ4n) is 2.19. The molecular weight excluding hydrogens is 379 g/mol. The number of carbonyl (C=O) groups is 3. The number of hydrogen-bond donors (Lipinski definition) is 6. The Bertz CT molecular complexity index is 703. The van der Waals surface area contributed by atoms with Crippen molar-refractivity contribution in [3.8, 4) is 0 Å². The molecule has 0 spiro atoms. The molecule has 3 amide bonds. The Labute approximate surface area is 156 Å². The molecule has 1 aromatic heterocycles. The van der Waals surface area contributed by atoms with E-state index in [4.69, 9.17) is 5.73 Å². The Kier molecular flexibility index (Phi) is 8.25. The van der Waals surface area contributed by atoms with Crippen LogP contribution in [0.4, 0.5) is 0 Å². The van der Waals surface area contributed by atoms with E-state index in [-0.39, 0.29) is 13.0 Å². The molecule has 0 saturated carbocycles. The molecule has 1 aromatic rings. The van der Waals surface area contributed by atoms with Gasteiger partial charge in [0.15, 0.2) is 0 Å². The van der Waals surface area contributed by atoms with Gasteiger partial charge in [0.1, 0.15) is 11.8 Å². The number of aromatic nitrogens is 2. The lowest BCUT2D eigenvalue weighted by Gasteiger charge is -2.31. The normalized spacial score (nSPS) is 14.9. The fraction of sp³-hybridized carbons (Fsp3) is 0.571. The van der Waals surface area contributed by atoms with Crippen LogP contribution in [0, 0.1) is 0 Å². The Balaban J connectivity index is 3.23. The van der Waals surface area contributed by atoms with E-state index in [0.29, 0.717) is 10.6 Å². The molecule has 0 unspecified atom stereocenters. The first kappa shape index (κ1) is 22.9. The lowest BCUT2D eigenvalue weighted by atomic mass is 10.1. The second-order valence-electron chi connectivity index (χ2n) is 5.98. The van der Waals surface area contributed by atoms with Gasteiger partial charge in [0.05, 0.1) is 18.9 Å². The van der Waals surface area contributed by atoms with Crippen molar-refractivity contribution in [3.63, 3.8) is 0 Å². The number of aromatic amines is 1. The van der Waals surface area contributed by atoms with E-state index >= 15 is 0 Å². The quantitative estimate of drug-likeness (QED) is 0.250. The Morgan fingerprint density at radius 2 is 2.00 bits per heavy atom. The first-order chi connectivity index (χ1) is 12.5. The minimum atomic E-state index is -4.81. The number of nitrogens with zero attached hydrogens (tertiary/aromatic N) is 2. The smallest absolute Gasteiger partial charge is 0.348 e. The van der Waals surface area contributed by atoms with Gasteiger partial charge in [0.2, 0.25) is 11.8 Å². The molecule has 0 fully saturated rings.